The van der Waals surface area contributed by atoms with Gasteiger partial charge in [-0.2, -0.15) is 0 Å². The average Bonchev–Trinajstić information content (AvgIpc) is 2.03. The van der Waals surface area contributed by atoms with Crippen molar-refractivity contribution in [3.05, 3.63) is 22.8 Å². The van der Waals surface area contributed by atoms with Crippen LogP contribution in [0.1, 0.15) is 20.8 Å². The first-order chi connectivity index (χ1) is 5.91. The smallest absolute Gasteiger partial charge is 0.0482 e. The van der Waals surface area contributed by atoms with Crippen molar-refractivity contribution in [1.29, 1.82) is 0 Å². The van der Waals surface area contributed by atoms with Crippen LogP contribution in [0.15, 0.2) is 22.8 Å². The summed E-state index contributed by atoms with van der Waals surface area (Å²) in [5.74, 6) is 0. The van der Waals surface area contributed by atoms with Crippen molar-refractivity contribution in [2.24, 2.45) is 5.41 Å². The normalized spacial score (nSPS) is 20.0. The largest absolute Gasteiger partial charge is 0.383 e. The van der Waals surface area contributed by atoms with Gasteiger partial charge in [0.15, 0.2) is 0 Å². The van der Waals surface area contributed by atoms with Crippen molar-refractivity contribution in [3.63, 3.8) is 0 Å². The molecule has 1 atom stereocenters. The highest BCUT2D eigenvalue weighted by molar-refractivity contribution is 7.88. The molecular weight excluding hydrogens is 182 g/mol. The van der Waals surface area contributed by atoms with Crippen molar-refractivity contribution >= 4 is 10.8 Å². The lowest BCUT2D eigenvalue weighted by Crippen LogP contribution is -2.29. The lowest BCUT2D eigenvalue weighted by atomic mass is 9.91. The molecule has 3 heteroatoms. The first-order valence-corrected chi connectivity index (χ1v) is 5.95. The van der Waals surface area contributed by atoms with Crippen LogP contribution >= 0.6 is 0 Å². The summed E-state index contributed by atoms with van der Waals surface area (Å²) in [6, 6.07) is 0. The monoisotopic (exact) mass is 199 g/mol. The summed E-state index contributed by atoms with van der Waals surface area (Å²) in [4.78, 5) is 0.966. The van der Waals surface area contributed by atoms with Gasteiger partial charge in [-0.05, 0) is 12.2 Å². The predicted octanol–water partition coefficient (Wildman–Crippen LogP) is 1.78. The van der Waals surface area contributed by atoms with Crippen LogP contribution in [0.5, 0.6) is 0 Å². The molecule has 0 fully saturated rings. The molecule has 0 saturated carbocycles. The van der Waals surface area contributed by atoms with Crippen LogP contribution in [0.3, 0.4) is 0 Å². The van der Waals surface area contributed by atoms with Crippen molar-refractivity contribution in [1.82, 2.24) is 5.32 Å². The molecule has 0 aromatic carbocycles. The summed E-state index contributed by atoms with van der Waals surface area (Å²) in [5.41, 5.74) is 1.36. The molecule has 1 unspecified atom stereocenters. The first kappa shape index (κ1) is 10.5. The van der Waals surface area contributed by atoms with E-state index in [1.54, 1.807) is 6.26 Å². The maximum absolute atomic E-state index is 11.1. The van der Waals surface area contributed by atoms with Crippen LogP contribution in [0, 0.1) is 5.41 Å². The third-order valence-corrected chi connectivity index (χ3v) is 3.09. The lowest BCUT2D eigenvalue weighted by molar-refractivity contribution is 0.464. The van der Waals surface area contributed by atoms with Gasteiger partial charge in [-0.1, -0.05) is 20.8 Å². The molecular formula is C10H17NOS. The van der Waals surface area contributed by atoms with Crippen molar-refractivity contribution in [3.8, 4) is 0 Å². The number of rotatable bonds is 1. The third-order valence-electron chi connectivity index (χ3n) is 2.07. The summed E-state index contributed by atoms with van der Waals surface area (Å²) in [6.45, 7) is 7.20. The summed E-state index contributed by atoms with van der Waals surface area (Å²) < 4.78 is 11.1. The highest BCUT2D eigenvalue weighted by atomic mass is 32.2. The number of nitrogens with one attached hydrogen (secondary N) is 1. The van der Waals surface area contributed by atoms with Crippen molar-refractivity contribution in [2.45, 2.75) is 20.8 Å². The Morgan fingerprint density at radius 2 is 2.00 bits per heavy atom. The summed E-state index contributed by atoms with van der Waals surface area (Å²) in [7, 11) is -0.840. The van der Waals surface area contributed by atoms with Gasteiger partial charge in [-0.3, -0.25) is 4.21 Å². The Balaban J connectivity index is 2.82. The van der Waals surface area contributed by atoms with Crippen LogP contribution in [-0.2, 0) is 10.8 Å². The second-order valence-electron chi connectivity index (χ2n) is 4.27. The fraction of sp³-hybridized carbons (Fsp3) is 0.600. The molecule has 13 heavy (non-hydrogen) atoms. The Morgan fingerprint density at radius 1 is 1.38 bits per heavy atom. The van der Waals surface area contributed by atoms with E-state index >= 15 is 0 Å². The molecule has 1 aliphatic rings. The molecule has 0 radical (unpaired) electrons. The number of dihydropyridines is 1. The number of hydrogen-bond donors (Lipinski definition) is 1. The highest BCUT2D eigenvalue weighted by Crippen LogP contribution is 2.25. The minimum atomic E-state index is -0.840. The van der Waals surface area contributed by atoms with E-state index in [-0.39, 0.29) is 5.41 Å². The number of allylic oxidation sites excluding steroid dienone is 3. The second-order valence-corrected chi connectivity index (χ2v) is 5.70. The van der Waals surface area contributed by atoms with E-state index in [1.807, 2.05) is 12.2 Å². The summed E-state index contributed by atoms with van der Waals surface area (Å²) >= 11 is 0. The van der Waals surface area contributed by atoms with Gasteiger partial charge in [-0.15, -0.1) is 0 Å². The highest BCUT2D eigenvalue weighted by Gasteiger charge is 2.19. The summed E-state index contributed by atoms with van der Waals surface area (Å²) in [5, 5.41) is 3.29. The zero-order chi connectivity index (χ0) is 10.1. The zero-order valence-electron chi connectivity index (χ0n) is 8.68. The Morgan fingerprint density at radius 3 is 2.31 bits per heavy atom. The SMILES string of the molecule is CS(=O)C1=CC=C(C(C)(C)C)NC1. The van der Waals surface area contributed by atoms with E-state index in [4.69, 9.17) is 0 Å². The Labute approximate surface area is 82.6 Å². The molecule has 74 valence electrons. The standard InChI is InChI=1S/C10H17NOS/c1-10(2,3)9-6-5-8(7-11-9)13(4)12/h5-6,11H,7H2,1-4H3. The van der Waals surface area contributed by atoms with Crippen LogP contribution < -0.4 is 5.32 Å². The van der Waals surface area contributed by atoms with Crippen LogP contribution in [0.2, 0.25) is 0 Å². The molecule has 2 nitrogen and oxygen atoms in total. The average molecular weight is 199 g/mol. The Bertz CT molecular complexity index is 284. The van der Waals surface area contributed by atoms with Gasteiger partial charge in [-0.25, -0.2) is 0 Å². The fourth-order valence-electron chi connectivity index (χ4n) is 1.19. The molecule has 0 aromatic heterocycles. The Hall–Kier alpha value is -0.570. The van der Waals surface area contributed by atoms with Crippen molar-refractivity contribution < 1.29 is 4.21 Å². The quantitative estimate of drug-likeness (QED) is 0.697. The van der Waals surface area contributed by atoms with Gasteiger partial charge >= 0.3 is 0 Å². The fourth-order valence-corrected chi connectivity index (χ4v) is 1.72. The zero-order valence-corrected chi connectivity index (χ0v) is 9.49. The number of hydrogen-bond acceptors (Lipinski definition) is 2. The molecule has 1 heterocycles. The Kier molecular flexibility index (Phi) is 2.96. The molecule has 1 rings (SSSR count). The third kappa shape index (κ3) is 2.69. The van der Waals surface area contributed by atoms with Gasteiger partial charge < -0.3 is 5.32 Å². The minimum absolute atomic E-state index is 0.150. The molecule has 1 aliphatic heterocycles. The van der Waals surface area contributed by atoms with Gasteiger partial charge in [0.1, 0.15) is 0 Å². The molecule has 0 aromatic rings. The topological polar surface area (TPSA) is 29.1 Å². The van der Waals surface area contributed by atoms with Gasteiger partial charge in [0.2, 0.25) is 0 Å². The summed E-state index contributed by atoms with van der Waals surface area (Å²) in [6.07, 6.45) is 5.71. The van der Waals surface area contributed by atoms with E-state index < -0.39 is 10.8 Å². The van der Waals surface area contributed by atoms with Gasteiger partial charge in [0, 0.05) is 39.6 Å². The molecule has 0 bridgehead atoms. The van der Waals surface area contributed by atoms with Crippen LogP contribution in [0.4, 0.5) is 0 Å². The second kappa shape index (κ2) is 3.66. The predicted molar refractivity (Wildman–Crippen MR) is 57.7 cm³/mol. The van der Waals surface area contributed by atoms with Gasteiger partial charge in [0.25, 0.3) is 0 Å². The maximum Gasteiger partial charge on any atom is 0.0482 e. The molecule has 0 spiro atoms. The minimum Gasteiger partial charge on any atom is -0.383 e. The molecule has 0 saturated heterocycles. The lowest BCUT2D eigenvalue weighted by Gasteiger charge is -2.26. The van der Waals surface area contributed by atoms with E-state index in [9.17, 15) is 4.21 Å². The van der Waals surface area contributed by atoms with Gasteiger partial charge in [0.05, 0.1) is 0 Å². The van der Waals surface area contributed by atoms with E-state index in [0.717, 1.165) is 4.91 Å². The maximum atomic E-state index is 11.1. The van der Waals surface area contributed by atoms with Crippen molar-refractivity contribution in [2.75, 3.05) is 12.8 Å². The van der Waals surface area contributed by atoms with Crippen LogP contribution in [-0.4, -0.2) is 17.0 Å². The van der Waals surface area contributed by atoms with E-state index in [0.29, 0.717) is 6.54 Å². The first-order valence-electron chi connectivity index (χ1n) is 4.40. The molecule has 0 aliphatic carbocycles. The van der Waals surface area contributed by atoms with E-state index in [1.165, 1.54) is 5.70 Å². The molecule has 1 N–H and O–H groups in total. The van der Waals surface area contributed by atoms with Crippen LogP contribution in [0.25, 0.3) is 0 Å². The molecule has 0 amide bonds. The van der Waals surface area contributed by atoms with E-state index in [2.05, 4.69) is 26.1 Å².